The molecule has 0 spiro atoms. The van der Waals surface area contributed by atoms with Crippen LogP contribution in [-0.2, 0) is 14.9 Å². The number of ether oxygens (including phenoxy) is 1. The first-order valence-corrected chi connectivity index (χ1v) is 13.5. The molecule has 196 valence electrons. The summed E-state index contributed by atoms with van der Waals surface area (Å²) in [4.78, 5) is 15.4. The normalized spacial score (nSPS) is 30.5. The second-order valence-corrected chi connectivity index (χ2v) is 12.4. The average molecular weight is 547 g/mol. The highest BCUT2D eigenvalue weighted by Crippen LogP contribution is 2.61. The molecule has 2 heterocycles. The van der Waals surface area contributed by atoms with E-state index < -0.39 is 46.7 Å². The Morgan fingerprint density at radius 1 is 1.11 bits per heavy atom. The number of halogens is 4. The van der Waals surface area contributed by atoms with Gasteiger partial charge in [-0.3, -0.25) is 4.79 Å². The number of nitrogens with zero attached hydrogens (tertiary/aromatic N) is 2. The van der Waals surface area contributed by atoms with E-state index in [1.54, 1.807) is 19.9 Å². The number of esters is 1. The third kappa shape index (κ3) is 4.06. The summed E-state index contributed by atoms with van der Waals surface area (Å²) in [5, 5.41) is 11.1. The predicted octanol–water partition coefficient (Wildman–Crippen LogP) is 7.52. The number of hydrogen-bond acceptors (Lipinski definition) is 4. The lowest BCUT2D eigenvalue weighted by Crippen LogP contribution is -2.53. The van der Waals surface area contributed by atoms with E-state index in [9.17, 15) is 10.1 Å². The second kappa shape index (κ2) is 9.22. The van der Waals surface area contributed by atoms with Crippen LogP contribution >= 0.6 is 23.2 Å². The maximum absolute atomic E-state index is 15.8. The fourth-order valence-electron chi connectivity index (χ4n) is 7.24. The van der Waals surface area contributed by atoms with Gasteiger partial charge >= 0.3 is 5.97 Å². The fraction of sp³-hybridized carbons (Fsp3) is 0.517. The van der Waals surface area contributed by atoms with Crippen molar-refractivity contribution in [2.75, 3.05) is 0 Å². The summed E-state index contributed by atoms with van der Waals surface area (Å²) in [5.41, 5.74) is -2.62. The van der Waals surface area contributed by atoms with E-state index in [2.05, 4.69) is 13.0 Å². The van der Waals surface area contributed by atoms with Gasteiger partial charge in [0.2, 0.25) is 0 Å². The molecule has 5 rings (SSSR count). The van der Waals surface area contributed by atoms with Gasteiger partial charge in [-0.15, -0.1) is 0 Å². The maximum atomic E-state index is 15.8. The fourth-order valence-corrected chi connectivity index (χ4v) is 7.58. The SMILES string of the molecule is CC1(C[C@@H]2N3[C@@H](C(=O)OC3(C)C)[C@H](c3cccc(Cl)c3F)[C@@]2(C#N)c2ccc(Cl)cc2F)CCCCC1. The van der Waals surface area contributed by atoms with E-state index in [0.717, 1.165) is 32.1 Å². The number of rotatable bonds is 4. The van der Waals surface area contributed by atoms with Crippen LogP contribution in [-0.4, -0.2) is 28.7 Å². The van der Waals surface area contributed by atoms with Crippen LogP contribution in [0.25, 0.3) is 0 Å². The number of cyclic esters (lactones) is 1. The van der Waals surface area contributed by atoms with Crippen LogP contribution in [0.2, 0.25) is 10.0 Å². The molecule has 2 aromatic carbocycles. The third-order valence-electron chi connectivity index (χ3n) is 8.81. The molecule has 0 N–H and O–H groups in total. The molecule has 0 aromatic heterocycles. The number of nitriles is 1. The summed E-state index contributed by atoms with van der Waals surface area (Å²) in [5.74, 6) is -2.99. The molecule has 3 fully saturated rings. The predicted molar refractivity (Wildman–Crippen MR) is 138 cm³/mol. The summed E-state index contributed by atoms with van der Waals surface area (Å²) >= 11 is 12.3. The standard InChI is InChI=1S/C29H30Cl2F2N2O2/c1-27(2)35-22(15-28(3)12-5-4-6-13-28)29(16-34,19-11-10-17(30)14-21(19)32)23(25(35)26(36)37-27)18-8-7-9-20(31)24(18)33/h7-11,14,22-23,25H,4-6,12-13,15H2,1-3H3/t22-,23-,25+,29-/m0/s1. The zero-order chi connectivity index (χ0) is 26.8. The van der Waals surface area contributed by atoms with Crippen molar-refractivity contribution in [3.8, 4) is 6.07 Å². The molecule has 4 nitrogen and oxygen atoms in total. The van der Waals surface area contributed by atoms with E-state index in [4.69, 9.17) is 27.9 Å². The molecule has 2 saturated heterocycles. The van der Waals surface area contributed by atoms with Crippen molar-refractivity contribution in [3.63, 3.8) is 0 Å². The van der Waals surface area contributed by atoms with E-state index in [1.165, 1.54) is 30.3 Å². The Hall–Kier alpha value is -2.20. The van der Waals surface area contributed by atoms with Gasteiger partial charge in [-0.05, 0) is 62.3 Å². The van der Waals surface area contributed by atoms with Crippen molar-refractivity contribution in [1.82, 2.24) is 4.90 Å². The lowest BCUT2D eigenvalue weighted by atomic mass is 9.60. The lowest BCUT2D eigenvalue weighted by molar-refractivity contribution is -0.152. The van der Waals surface area contributed by atoms with Crippen LogP contribution in [0.3, 0.4) is 0 Å². The first kappa shape index (κ1) is 26.4. The van der Waals surface area contributed by atoms with Gasteiger partial charge in [-0.2, -0.15) is 5.26 Å². The summed E-state index contributed by atoms with van der Waals surface area (Å²) in [6, 6.07) is 9.59. The monoisotopic (exact) mass is 546 g/mol. The largest absolute Gasteiger partial charge is 0.443 e. The van der Waals surface area contributed by atoms with Gasteiger partial charge in [-0.1, -0.05) is 67.6 Å². The molecular weight excluding hydrogens is 517 g/mol. The number of carbonyl (C=O) groups is 1. The molecule has 0 bridgehead atoms. The summed E-state index contributed by atoms with van der Waals surface area (Å²) < 4.78 is 37.4. The van der Waals surface area contributed by atoms with Gasteiger partial charge in [0.1, 0.15) is 23.1 Å². The van der Waals surface area contributed by atoms with E-state index in [1.807, 2.05) is 4.90 Å². The van der Waals surface area contributed by atoms with Crippen molar-refractivity contribution in [2.24, 2.45) is 5.41 Å². The van der Waals surface area contributed by atoms with Crippen LogP contribution in [0, 0.1) is 28.4 Å². The molecule has 2 aromatic rings. The molecular formula is C29H30Cl2F2N2O2. The van der Waals surface area contributed by atoms with E-state index in [0.29, 0.717) is 6.42 Å². The van der Waals surface area contributed by atoms with Crippen molar-refractivity contribution in [3.05, 3.63) is 69.2 Å². The van der Waals surface area contributed by atoms with Gasteiger partial charge in [0.25, 0.3) is 0 Å². The molecule has 0 radical (unpaired) electrons. The summed E-state index contributed by atoms with van der Waals surface area (Å²) in [6.45, 7) is 5.75. The van der Waals surface area contributed by atoms with Crippen molar-refractivity contribution >= 4 is 29.2 Å². The zero-order valence-corrected chi connectivity index (χ0v) is 22.7. The lowest BCUT2D eigenvalue weighted by Gasteiger charge is -2.45. The molecule has 4 atom stereocenters. The highest BCUT2D eigenvalue weighted by molar-refractivity contribution is 6.31. The molecule has 1 aliphatic carbocycles. The number of benzene rings is 2. The Morgan fingerprint density at radius 3 is 2.46 bits per heavy atom. The Labute approximate surface area is 226 Å². The minimum atomic E-state index is -1.61. The van der Waals surface area contributed by atoms with Crippen molar-refractivity contribution < 1.29 is 18.3 Å². The minimum Gasteiger partial charge on any atom is -0.443 e. The Kier molecular flexibility index (Phi) is 6.58. The number of carbonyl (C=O) groups excluding carboxylic acids is 1. The number of fused-ring (bicyclic) bond motifs is 1. The first-order chi connectivity index (χ1) is 17.4. The summed E-state index contributed by atoms with van der Waals surface area (Å²) in [6.07, 6.45) is 5.71. The van der Waals surface area contributed by atoms with Gasteiger partial charge in [0.15, 0.2) is 5.72 Å². The van der Waals surface area contributed by atoms with Crippen LogP contribution in [0.5, 0.6) is 0 Å². The Bertz CT molecular complexity index is 1290. The Morgan fingerprint density at radius 2 is 1.81 bits per heavy atom. The van der Waals surface area contributed by atoms with Crippen LogP contribution in [0.1, 0.15) is 76.3 Å². The highest BCUT2D eigenvalue weighted by Gasteiger charge is 2.71. The van der Waals surface area contributed by atoms with Crippen LogP contribution < -0.4 is 0 Å². The minimum absolute atomic E-state index is 0.101. The van der Waals surface area contributed by atoms with E-state index in [-0.39, 0.29) is 26.6 Å². The van der Waals surface area contributed by atoms with Crippen molar-refractivity contribution in [1.29, 1.82) is 5.26 Å². The molecule has 8 heteroatoms. The highest BCUT2D eigenvalue weighted by atomic mass is 35.5. The molecule has 37 heavy (non-hydrogen) atoms. The van der Waals surface area contributed by atoms with Gasteiger partial charge in [-0.25, -0.2) is 13.7 Å². The molecule has 2 aliphatic heterocycles. The maximum Gasteiger partial charge on any atom is 0.325 e. The zero-order valence-electron chi connectivity index (χ0n) is 21.2. The van der Waals surface area contributed by atoms with Gasteiger partial charge < -0.3 is 4.74 Å². The van der Waals surface area contributed by atoms with Gasteiger partial charge in [0.05, 0.1) is 11.1 Å². The van der Waals surface area contributed by atoms with Crippen LogP contribution in [0.4, 0.5) is 8.78 Å². The average Bonchev–Trinajstić information content (AvgIpc) is 3.25. The van der Waals surface area contributed by atoms with E-state index >= 15 is 8.78 Å². The van der Waals surface area contributed by atoms with Crippen LogP contribution in [0.15, 0.2) is 36.4 Å². The number of hydrogen-bond donors (Lipinski definition) is 0. The Balaban J connectivity index is 1.83. The van der Waals surface area contributed by atoms with Gasteiger partial charge in [0, 0.05) is 22.5 Å². The third-order valence-corrected chi connectivity index (χ3v) is 9.33. The molecule has 1 saturated carbocycles. The topological polar surface area (TPSA) is 53.3 Å². The summed E-state index contributed by atoms with van der Waals surface area (Å²) in [7, 11) is 0. The first-order valence-electron chi connectivity index (χ1n) is 12.8. The quantitative estimate of drug-likeness (QED) is 0.372. The smallest absolute Gasteiger partial charge is 0.325 e. The second-order valence-electron chi connectivity index (χ2n) is 11.5. The van der Waals surface area contributed by atoms with Crippen molar-refractivity contribution in [2.45, 2.75) is 88.4 Å². The molecule has 0 amide bonds. The molecule has 0 unspecified atom stereocenters. The molecule has 3 aliphatic rings.